The Hall–Kier alpha value is -0.140. The van der Waals surface area contributed by atoms with Crippen molar-refractivity contribution in [1.29, 1.82) is 0 Å². The fraction of sp³-hybridized carbons (Fsp3) is 0.167. The van der Waals surface area contributed by atoms with Gasteiger partial charge in [-0.2, -0.15) is 0 Å². The van der Waals surface area contributed by atoms with Crippen molar-refractivity contribution in [3.05, 3.63) is 17.9 Å². The Morgan fingerprint density at radius 3 is 2.62 bits per heavy atom. The maximum absolute atomic E-state index is 10.7. The molecule has 0 aliphatic carbocycles. The minimum atomic E-state index is -2.45. The molecule has 0 aromatic carbocycles. The van der Waals surface area contributed by atoms with E-state index in [2.05, 4.69) is 9.15 Å². The van der Waals surface area contributed by atoms with E-state index in [-0.39, 0.29) is 40.4 Å². The molecule has 0 aliphatic rings. The van der Waals surface area contributed by atoms with E-state index in [1.165, 1.54) is 19.2 Å². The van der Waals surface area contributed by atoms with E-state index in [0.29, 0.717) is 0 Å². The average Bonchev–Trinajstić information content (AvgIpc) is 2.51. The Morgan fingerprint density at radius 1 is 1.62 bits per heavy atom. The number of hydrogen-bond acceptors (Lipinski definition) is 5. The fourth-order valence-corrected chi connectivity index (χ4v) is 0.957. The summed E-state index contributed by atoms with van der Waals surface area (Å²) in [5.41, 5.74) is 0. The first kappa shape index (κ1) is 12.9. The number of carbonyl (C=O) groups is 1. The van der Waals surface area contributed by atoms with Gasteiger partial charge in [0.25, 0.3) is 0 Å². The van der Waals surface area contributed by atoms with Crippen LogP contribution >= 0.6 is 0 Å². The summed E-state index contributed by atoms with van der Waals surface area (Å²) in [5, 5.41) is -0.282. The predicted octanol–water partition coefficient (Wildman–Crippen LogP) is -2.69. The van der Waals surface area contributed by atoms with Crippen LogP contribution in [0.5, 0.6) is 0 Å². The van der Waals surface area contributed by atoms with Crippen LogP contribution in [0.3, 0.4) is 0 Å². The van der Waals surface area contributed by atoms with Gasteiger partial charge in [0.05, 0.1) is 7.11 Å². The number of furan rings is 1. The Labute approximate surface area is 99.0 Å². The summed E-state index contributed by atoms with van der Waals surface area (Å²) in [4.78, 5) is 10.7. The van der Waals surface area contributed by atoms with Crippen molar-refractivity contribution in [3.63, 3.8) is 0 Å². The van der Waals surface area contributed by atoms with Crippen LogP contribution in [0, 0.1) is 0 Å². The monoisotopic (exact) mass is 212 g/mol. The molecule has 1 rings (SSSR count). The van der Waals surface area contributed by atoms with Crippen molar-refractivity contribution >= 4 is 17.0 Å². The summed E-state index contributed by atoms with van der Waals surface area (Å²) in [6, 6.07) is 2.41. The maximum Gasteiger partial charge on any atom is 1.00 e. The molecule has 0 radical (unpaired) electrons. The molecule has 1 unspecified atom stereocenters. The number of hydrogen-bond donors (Lipinski definition) is 0. The zero-order valence-corrected chi connectivity index (χ0v) is 9.92. The Balaban J connectivity index is 0.00000144. The molecule has 1 heterocycles. The zero-order chi connectivity index (χ0) is 9.14. The van der Waals surface area contributed by atoms with Gasteiger partial charge in [0.2, 0.25) is 5.76 Å². The first-order valence-electron chi connectivity index (χ1n) is 2.92. The van der Waals surface area contributed by atoms with E-state index in [4.69, 9.17) is 0 Å². The normalized spacial score (nSPS) is 11.5. The van der Waals surface area contributed by atoms with Gasteiger partial charge in [0.15, 0.2) is 5.09 Å². The summed E-state index contributed by atoms with van der Waals surface area (Å²) in [6.45, 7) is 0. The van der Waals surface area contributed by atoms with E-state index < -0.39 is 17.0 Å². The largest absolute Gasteiger partial charge is 1.00 e. The van der Waals surface area contributed by atoms with E-state index in [9.17, 15) is 13.6 Å². The molecule has 0 saturated carbocycles. The third-order valence-electron chi connectivity index (χ3n) is 1.13. The number of esters is 1. The molecule has 0 fully saturated rings. The van der Waals surface area contributed by atoms with Crippen LogP contribution in [-0.4, -0.2) is 21.8 Å². The molecule has 1 aromatic rings. The Bertz CT molecular complexity index is 321. The van der Waals surface area contributed by atoms with Crippen molar-refractivity contribution in [1.82, 2.24) is 0 Å². The molecule has 0 bridgehead atoms. The molecule has 1 aromatic heterocycles. The molecule has 0 aliphatic heterocycles. The van der Waals surface area contributed by atoms with Crippen molar-refractivity contribution < 1.29 is 52.3 Å². The van der Waals surface area contributed by atoms with Crippen molar-refractivity contribution in [3.8, 4) is 0 Å². The number of rotatable bonds is 2. The summed E-state index contributed by atoms with van der Waals surface area (Å²) < 4.78 is 29.5. The Kier molecular flexibility index (Phi) is 5.50. The molecule has 13 heavy (non-hydrogen) atoms. The molecule has 0 spiro atoms. The summed E-state index contributed by atoms with van der Waals surface area (Å²) >= 11 is -2.45. The van der Waals surface area contributed by atoms with Crippen LogP contribution < -0.4 is 29.6 Å². The third-order valence-corrected chi connectivity index (χ3v) is 1.68. The molecule has 0 N–H and O–H groups in total. The number of ether oxygens (including phenoxy) is 1. The summed E-state index contributed by atoms with van der Waals surface area (Å²) in [6.07, 6.45) is 0. The topological polar surface area (TPSA) is 79.6 Å². The van der Waals surface area contributed by atoms with Crippen LogP contribution in [0.1, 0.15) is 10.6 Å². The van der Waals surface area contributed by atoms with Gasteiger partial charge in [0.1, 0.15) is 0 Å². The molecule has 0 amide bonds. The minimum Gasteiger partial charge on any atom is -0.766 e. The molecule has 7 heteroatoms. The second kappa shape index (κ2) is 5.56. The molecule has 1 atom stereocenters. The van der Waals surface area contributed by atoms with Crippen LogP contribution in [0.2, 0.25) is 0 Å². The van der Waals surface area contributed by atoms with Crippen LogP contribution in [0.25, 0.3) is 0 Å². The first-order valence-corrected chi connectivity index (χ1v) is 4.00. The smallest absolute Gasteiger partial charge is 0.766 e. The van der Waals surface area contributed by atoms with Crippen molar-refractivity contribution in [2.24, 2.45) is 0 Å². The molecule has 66 valence electrons. The standard InChI is InChI=1S/C6H6O5S.Na/c1-10-6(7)4-2-3-5(11-4)12(8)9;/h2-3H,1H3,(H,8,9);/q;+1/p-1. The molecule has 0 saturated heterocycles. The summed E-state index contributed by atoms with van der Waals surface area (Å²) in [5.74, 6) is -0.830. The molecular weight excluding hydrogens is 207 g/mol. The van der Waals surface area contributed by atoms with Gasteiger partial charge in [-0.25, -0.2) is 4.79 Å². The second-order valence-electron chi connectivity index (χ2n) is 1.84. The van der Waals surface area contributed by atoms with E-state index in [0.717, 1.165) is 0 Å². The van der Waals surface area contributed by atoms with Crippen LogP contribution in [0.4, 0.5) is 0 Å². The number of methoxy groups -OCH3 is 1. The van der Waals surface area contributed by atoms with Crippen molar-refractivity contribution in [2.45, 2.75) is 5.09 Å². The van der Waals surface area contributed by atoms with Crippen LogP contribution in [0.15, 0.2) is 21.6 Å². The van der Waals surface area contributed by atoms with Gasteiger partial charge in [-0.1, -0.05) is 0 Å². The number of carbonyl (C=O) groups excluding carboxylic acids is 1. The Morgan fingerprint density at radius 2 is 2.23 bits per heavy atom. The van der Waals surface area contributed by atoms with Crippen molar-refractivity contribution in [2.75, 3.05) is 7.11 Å². The maximum atomic E-state index is 10.7. The minimum absolute atomic E-state index is 0. The van der Waals surface area contributed by atoms with Gasteiger partial charge in [-0.05, 0) is 12.1 Å². The molecule has 5 nitrogen and oxygen atoms in total. The second-order valence-corrected chi connectivity index (χ2v) is 2.72. The first-order chi connectivity index (χ1) is 5.65. The quantitative estimate of drug-likeness (QED) is 0.303. The van der Waals surface area contributed by atoms with E-state index in [1.807, 2.05) is 0 Å². The SMILES string of the molecule is COC(=O)c1ccc(S(=O)[O-])o1.[Na+]. The molecular formula is C6H5NaO5S. The average molecular weight is 212 g/mol. The van der Waals surface area contributed by atoms with E-state index >= 15 is 0 Å². The van der Waals surface area contributed by atoms with Gasteiger partial charge in [-0.3, -0.25) is 4.21 Å². The third kappa shape index (κ3) is 3.24. The van der Waals surface area contributed by atoms with Gasteiger partial charge in [0, 0.05) is 11.1 Å². The summed E-state index contributed by atoms with van der Waals surface area (Å²) in [7, 11) is 1.18. The fourth-order valence-electron chi connectivity index (χ4n) is 0.620. The van der Waals surface area contributed by atoms with Gasteiger partial charge >= 0.3 is 35.5 Å². The predicted molar refractivity (Wildman–Crippen MR) is 37.2 cm³/mol. The van der Waals surface area contributed by atoms with Gasteiger partial charge < -0.3 is 13.7 Å². The van der Waals surface area contributed by atoms with E-state index in [1.54, 1.807) is 0 Å². The van der Waals surface area contributed by atoms with Gasteiger partial charge in [-0.15, -0.1) is 0 Å². The van der Waals surface area contributed by atoms with Crippen LogP contribution in [-0.2, 0) is 15.8 Å². The zero-order valence-electron chi connectivity index (χ0n) is 7.10.